The second-order valence-corrected chi connectivity index (χ2v) is 4.97. The quantitative estimate of drug-likeness (QED) is 0.581. The molecule has 13 heavy (non-hydrogen) atoms. The van der Waals surface area contributed by atoms with Crippen molar-refractivity contribution in [3.8, 4) is 0 Å². The summed E-state index contributed by atoms with van der Waals surface area (Å²) in [6.45, 7) is 7.08. The van der Waals surface area contributed by atoms with Crippen LogP contribution in [-0.2, 0) is 0 Å². The lowest BCUT2D eigenvalue weighted by molar-refractivity contribution is 0.338. The maximum absolute atomic E-state index is 2.44. The molecule has 0 bridgehead atoms. The highest BCUT2D eigenvalue weighted by molar-refractivity contribution is 4.78. The molecule has 0 nitrogen and oxygen atoms in total. The average molecular weight is 182 g/mol. The minimum absolute atomic E-state index is 0.978. The lowest BCUT2D eigenvalue weighted by atomic mass is 9.89. The van der Waals surface area contributed by atoms with Crippen molar-refractivity contribution in [1.82, 2.24) is 0 Å². The van der Waals surface area contributed by atoms with Crippen LogP contribution < -0.4 is 0 Å². The Balaban J connectivity index is 2.19. The number of hydrogen-bond donors (Lipinski definition) is 0. The van der Waals surface area contributed by atoms with Gasteiger partial charge in [0, 0.05) is 0 Å². The van der Waals surface area contributed by atoms with E-state index in [4.69, 9.17) is 0 Å². The Bertz CT molecular complexity index is 128. The van der Waals surface area contributed by atoms with Gasteiger partial charge in [-0.2, -0.15) is 0 Å². The standard InChI is InChI=1S/C13H26/c1-4-6-7-12-8-9-13(10-12)11(3)5-2/h11-13H,4-10H2,1-3H3. The predicted molar refractivity (Wildman–Crippen MR) is 59.8 cm³/mol. The van der Waals surface area contributed by atoms with Crippen molar-refractivity contribution in [2.45, 2.75) is 65.7 Å². The molecule has 0 radical (unpaired) electrons. The molecule has 0 saturated heterocycles. The fraction of sp³-hybridized carbons (Fsp3) is 1.00. The molecule has 0 N–H and O–H groups in total. The third-order valence-corrected chi connectivity index (χ3v) is 4.00. The molecule has 1 rings (SSSR count). The van der Waals surface area contributed by atoms with Crippen LogP contribution in [-0.4, -0.2) is 0 Å². The minimum Gasteiger partial charge on any atom is -0.0654 e. The molecule has 0 aromatic rings. The van der Waals surface area contributed by atoms with Crippen molar-refractivity contribution in [3.05, 3.63) is 0 Å². The van der Waals surface area contributed by atoms with Crippen LogP contribution in [0.5, 0.6) is 0 Å². The SMILES string of the molecule is CCCCC1CCC(C(C)CC)C1. The normalized spacial score (nSPS) is 30.7. The number of hydrogen-bond acceptors (Lipinski definition) is 0. The first kappa shape index (κ1) is 11.1. The summed E-state index contributed by atoms with van der Waals surface area (Å²) in [7, 11) is 0. The molecule has 1 aliphatic carbocycles. The maximum Gasteiger partial charge on any atom is -0.0386 e. The summed E-state index contributed by atoms with van der Waals surface area (Å²) in [6, 6.07) is 0. The van der Waals surface area contributed by atoms with Crippen LogP contribution in [0.4, 0.5) is 0 Å². The summed E-state index contributed by atoms with van der Waals surface area (Å²) in [4.78, 5) is 0. The highest BCUT2D eigenvalue weighted by Crippen LogP contribution is 2.38. The van der Waals surface area contributed by atoms with E-state index < -0.39 is 0 Å². The van der Waals surface area contributed by atoms with Gasteiger partial charge in [0.15, 0.2) is 0 Å². The molecule has 0 amide bonds. The fourth-order valence-electron chi connectivity index (χ4n) is 2.72. The molecule has 78 valence electrons. The Hall–Kier alpha value is 0. The van der Waals surface area contributed by atoms with E-state index in [1.54, 1.807) is 0 Å². The van der Waals surface area contributed by atoms with Crippen molar-refractivity contribution in [3.63, 3.8) is 0 Å². The van der Waals surface area contributed by atoms with E-state index in [-0.39, 0.29) is 0 Å². The summed E-state index contributed by atoms with van der Waals surface area (Å²) in [5, 5.41) is 0. The van der Waals surface area contributed by atoms with Gasteiger partial charge in [-0.3, -0.25) is 0 Å². The van der Waals surface area contributed by atoms with Gasteiger partial charge in [0.25, 0.3) is 0 Å². The average Bonchev–Trinajstić information content (AvgIpc) is 2.62. The van der Waals surface area contributed by atoms with E-state index in [1.807, 2.05) is 0 Å². The second kappa shape index (κ2) is 5.67. The second-order valence-electron chi connectivity index (χ2n) is 4.97. The molecule has 1 aliphatic rings. The first-order valence-corrected chi connectivity index (χ1v) is 6.27. The third kappa shape index (κ3) is 3.32. The van der Waals surface area contributed by atoms with Crippen LogP contribution in [0, 0.1) is 17.8 Å². The number of unbranched alkanes of at least 4 members (excludes halogenated alkanes) is 1. The Morgan fingerprint density at radius 1 is 1.23 bits per heavy atom. The van der Waals surface area contributed by atoms with Gasteiger partial charge < -0.3 is 0 Å². The number of rotatable bonds is 5. The molecule has 0 aromatic heterocycles. The van der Waals surface area contributed by atoms with Gasteiger partial charge in [0.2, 0.25) is 0 Å². The molecule has 1 saturated carbocycles. The predicted octanol–water partition coefficient (Wildman–Crippen LogP) is 4.64. The molecule has 0 heteroatoms. The largest absolute Gasteiger partial charge is 0.0654 e. The zero-order chi connectivity index (χ0) is 9.68. The van der Waals surface area contributed by atoms with Crippen LogP contribution in [0.25, 0.3) is 0 Å². The van der Waals surface area contributed by atoms with E-state index in [0.29, 0.717) is 0 Å². The van der Waals surface area contributed by atoms with Crippen molar-refractivity contribution < 1.29 is 0 Å². The summed E-state index contributed by atoms with van der Waals surface area (Å²) in [6.07, 6.45) is 10.3. The highest BCUT2D eigenvalue weighted by Gasteiger charge is 2.26. The van der Waals surface area contributed by atoms with E-state index in [2.05, 4.69) is 20.8 Å². The van der Waals surface area contributed by atoms with Crippen molar-refractivity contribution in [1.29, 1.82) is 0 Å². The van der Waals surface area contributed by atoms with Crippen LogP contribution in [0.3, 0.4) is 0 Å². The van der Waals surface area contributed by atoms with Crippen molar-refractivity contribution >= 4 is 0 Å². The Labute approximate surface area is 84.1 Å². The summed E-state index contributed by atoms with van der Waals surface area (Å²) >= 11 is 0. The van der Waals surface area contributed by atoms with Crippen LogP contribution in [0.1, 0.15) is 65.7 Å². The minimum atomic E-state index is 0.978. The maximum atomic E-state index is 2.44. The fourth-order valence-corrected chi connectivity index (χ4v) is 2.72. The van der Waals surface area contributed by atoms with Crippen LogP contribution >= 0.6 is 0 Å². The van der Waals surface area contributed by atoms with Gasteiger partial charge in [-0.1, -0.05) is 52.9 Å². The topological polar surface area (TPSA) is 0 Å². The van der Waals surface area contributed by atoms with E-state index in [1.165, 1.54) is 44.9 Å². The van der Waals surface area contributed by atoms with Gasteiger partial charge in [0.1, 0.15) is 0 Å². The van der Waals surface area contributed by atoms with E-state index in [0.717, 1.165) is 17.8 Å². The first-order valence-electron chi connectivity index (χ1n) is 6.27. The monoisotopic (exact) mass is 182 g/mol. The van der Waals surface area contributed by atoms with Gasteiger partial charge in [-0.25, -0.2) is 0 Å². The zero-order valence-corrected chi connectivity index (χ0v) is 9.68. The third-order valence-electron chi connectivity index (χ3n) is 4.00. The summed E-state index contributed by atoms with van der Waals surface area (Å²) in [5.41, 5.74) is 0. The molecule has 0 heterocycles. The first-order chi connectivity index (χ1) is 6.27. The van der Waals surface area contributed by atoms with Gasteiger partial charge >= 0.3 is 0 Å². The lowest BCUT2D eigenvalue weighted by Crippen LogP contribution is -2.07. The summed E-state index contributed by atoms with van der Waals surface area (Å²) in [5.74, 6) is 3.12. The van der Waals surface area contributed by atoms with Gasteiger partial charge in [-0.05, 0) is 30.6 Å². The highest BCUT2D eigenvalue weighted by atomic mass is 14.3. The van der Waals surface area contributed by atoms with E-state index >= 15 is 0 Å². The molecular formula is C13H26. The molecule has 1 fully saturated rings. The molecule has 3 unspecified atom stereocenters. The lowest BCUT2D eigenvalue weighted by Gasteiger charge is -2.17. The Morgan fingerprint density at radius 2 is 2.00 bits per heavy atom. The zero-order valence-electron chi connectivity index (χ0n) is 9.68. The van der Waals surface area contributed by atoms with Gasteiger partial charge in [-0.15, -0.1) is 0 Å². The van der Waals surface area contributed by atoms with Crippen molar-refractivity contribution in [2.75, 3.05) is 0 Å². The molecule has 0 spiro atoms. The molecule has 3 atom stereocenters. The Kier molecular flexibility index (Phi) is 4.83. The molecule has 0 aromatic carbocycles. The van der Waals surface area contributed by atoms with E-state index in [9.17, 15) is 0 Å². The van der Waals surface area contributed by atoms with Crippen LogP contribution in [0.15, 0.2) is 0 Å². The van der Waals surface area contributed by atoms with Gasteiger partial charge in [0.05, 0.1) is 0 Å². The summed E-state index contributed by atoms with van der Waals surface area (Å²) < 4.78 is 0. The molecular weight excluding hydrogens is 156 g/mol. The van der Waals surface area contributed by atoms with Crippen molar-refractivity contribution in [2.24, 2.45) is 17.8 Å². The smallest absolute Gasteiger partial charge is 0.0386 e. The molecule has 0 aliphatic heterocycles. The van der Waals surface area contributed by atoms with Crippen LogP contribution in [0.2, 0.25) is 0 Å². The Morgan fingerprint density at radius 3 is 2.62 bits per heavy atom.